The maximum atomic E-state index is 12.8. The first-order valence-electron chi connectivity index (χ1n) is 10.5. The smallest absolute Gasteiger partial charge is 0.408 e. The van der Waals surface area contributed by atoms with Crippen molar-refractivity contribution in [2.75, 3.05) is 25.5 Å². The van der Waals surface area contributed by atoms with E-state index in [0.29, 0.717) is 42.7 Å². The van der Waals surface area contributed by atoms with Gasteiger partial charge < -0.3 is 14.6 Å². The number of carbonyl (C=O) groups is 1. The molecule has 0 spiro atoms. The van der Waals surface area contributed by atoms with Crippen molar-refractivity contribution in [3.8, 4) is 0 Å². The van der Waals surface area contributed by atoms with E-state index in [0.717, 1.165) is 0 Å². The van der Waals surface area contributed by atoms with Crippen LogP contribution in [0.2, 0.25) is 0 Å². The predicted octanol–water partition coefficient (Wildman–Crippen LogP) is 3.23. The van der Waals surface area contributed by atoms with Crippen molar-refractivity contribution in [1.29, 1.82) is 0 Å². The Bertz CT molecular complexity index is 1120. The van der Waals surface area contributed by atoms with Gasteiger partial charge in [0.15, 0.2) is 5.58 Å². The zero-order chi connectivity index (χ0) is 23.1. The van der Waals surface area contributed by atoms with Gasteiger partial charge >= 0.3 is 11.8 Å². The molecule has 0 saturated carbocycles. The van der Waals surface area contributed by atoms with Crippen LogP contribution in [0.5, 0.6) is 0 Å². The molecule has 1 saturated heterocycles. The number of urea groups is 1. The summed E-state index contributed by atoms with van der Waals surface area (Å²) in [6.07, 6.45) is 1.15. The minimum absolute atomic E-state index is 0.0340. The molecular formula is C21H32N4O5S. The Kier molecular flexibility index (Phi) is 6.25. The summed E-state index contributed by atoms with van der Waals surface area (Å²) in [5.74, 6) is -0.428. The minimum atomic E-state index is -3.37. The van der Waals surface area contributed by atoms with Crippen LogP contribution in [0.4, 0.5) is 10.5 Å². The number of oxazole rings is 1. The van der Waals surface area contributed by atoms with Crippen molar-refractivity contribution < 1.29 is 17.6 Å². The van der Waals surface area contributed by atoms with Gasteiger partial charge in [-0.25, -0.2) is 22.3 Å². The van der Waals surface area contributed by atoms with Crippen LogP contribution in [0.1, 0.15) is 53.5 Å². The summed E-state index contributed by atoms with van der Waals surface area (Å²) in [6.45, 7) is 9.67. The molecule has 0 bridgehead atoms. The second-order valence-corrected chi connectivity index (χ2v) is 12.0. The lowest BCUT2D eigenvalue weighted by Crippen LogP contribution is -2.51. The van der Waals surface area contributed by atoms with Crippen LogP contribution in [0.15, 0.2) is 27.4 Å². The van der Waals surface area contributed by atoms with E-state index in [1.165, 1.54) is 4.31 Å². The molecule has 9 nitrogen and oxygen atoms in total. The molecule has 1 fully saturated rings. The van der Waals surface area contributed by atoms with Crippen LogP contribution in [0.25, 0.3) is 11.1 Å². The van der Waals surface area contributed by atoms with Gasteiger partial charge in [-0.05, 0) is 59.6 Å². The first kappa shape index (κ1) is 23.3. The molecule has 0 unspecified atom stereocenters. The Labute approximate surface area is 183 Å². The number of anilines is 1. The van der Waals surface area contributed by atoms with Crippen molar-refractivity contribution in [2.24, 2.45) is 0 Å². The highest BCUT2D eigenvalue weighted by atomic mass is 32.2. The quantitative estimate of drug-likeness (QED) is 0.767. The molecule has 2 aromatic rings. The lowest BCUT2D eigenvalue weighted by atomic mass is 10.1. The van der Waals surface area contributed by atoms with Crippen molar-refractivity contribution in [2.45, 2.75) is 64.3 Å². The number of carbonyl (C=O) groups excluding carboxylic acids is 1. The average Bonchev–Trinajstić information content (AvgIpc) is 3.01. The van der Waals surface area contributed by atoms with Gasteiger partial charge in [-0.2, -0.15) is 0 Å². The SMILES string of the molecule is CC(C)n1c(=O)oc2cc(NC(=O)N(C)C3CCN(S(=O)(=O)C(C)(C)C)CC3)ccc21. The van der Waals surface area contributed by atoms with E-state index in [4.69, 9.17) is 4.42 Å². The van der Waals surface area contributed by atoms with Crippen LogP contribution in [-0.4, -0.2) is 59.1 Å². The predicted molar refractivity (Wildman–Crippen MR) is 121 cm³/mol. The van der Waals surface area contributed by atoms with Gasteiger partial charge in [0.2, 0.25) is 10.0 Å². The van der Waals surface area contributed by atoms with Crippen LogP contribution in [0, 0.1) is 0 Å². The lowest BCUT2D eigenvalue weighted by Gasteiger charge is -2.38. The number of nitrogens with one attached hydrogen (secondary N) is 1. The number of nitrogens with zero attached hydrogens (tertiary/aromatic N) is 3. The maximum Gasteiger partial charge on any atom is 0.420 e. The van der Waals surface area contributed by atoms with Gasteiger partial charge in [0, 0.05) is 44.0 Å². The zero-order valence-corrected chi connectivity index (χ0v) is 19.8. The van der Waals surface area contributed by atoms with E-state index >= 15 is 0 Å². The highest BCUT2D eigenvalue weighted by Gasteiger charge is 2.38. The first-order chi connectivity index (χ1) is 14.3. The molecule has 2 heterocycles. The zero-order valence-electron chi connectivity index (χ0n) is 19.0. The molecule has 31 heavy (non-hydrogen) atoms. The van der Waals surface area contributed by atoms with E-state index in [-0.39, 0.29) is 18.1 Å². The monoisotopic (exact) mass is 452 g/mol. The topological polar surface area (TPSA) is 105 Å². The van der Waals surface area contributed by atoms with Crippen LogP contribution in [0.3, 0.4) is 0 Å². The largest absolute Gasteiger partial charge is 0.420 e. The van der Waals surface area contributed by atoms with E-state index in [1.807, 2.05) is 13.8 Å². The van der Waals surface area contributed by atoms with Crippen molar-refractivity contribution >= 4 is 32.8 Å². The van der Waals surface area contributed by atoms with Crippen LogP contribution >= 0.6 is 0 Å². The Balaban J connectivity index is 1.66. The molecular weight excluding hydrogens is 420 g/mol. The number of piperidine rings is 1. The summed E-state index contributed by atoms with van der Waals surface area (Å²) in [5.41, 5.74) is 1.63. The Morgan fingerprint density at radius 2 is 1.84 bits per heavy atom. The fraction of sp³-hybridized carbons (Fsp3) is 0.619. The minimum Gasteiger partial charge on any atom is -0.408 e. The molecule has 3 rings (SSSR count). The summed E-state index contributed by atoms with van der Waals surface area (Å²) in [6, 6.07) is 4.75. The number of benzene rings is 1. The Morgan fingerprint density at radius 3 is 2.39 bits per heavy atom. The van der Waals surface area contributed by atoms with Crippen LogP contribution < -0.4 is 11.1 Å². The summed E-state index contributed by atoms with van der Waals surface area (Å²) >= 11 is 0. The van der Waals surface area contributed by atoms with Gasteiger partial charge in [-0.15, -0.1) is 0 Å². The van der Waals surface area contributed by atoms with E-state index < -0.39 is 20.5 Å². The number of fused-ring (bicyclic) bond motifs is 1. The van der Waals surface area contributed by atoms with Gasteiger partial charge in [0.05, 0.1) is 10.3 Å². The molecule has 1 aliphatic rings. The van der Waals surface area contributed by atoms with Crippen molar-refractivity contribution in [3.05, 3.63) is 28.7 Å². The normalized spacial score (nSPS) is 16.7. The number of rotatable bonds is 4. The third-order valence-electron chi connectivity index (χ3n) is 5.79. The number of hydrogen-bond donors (Lipinski definition) is 1. The average molecular weight is 453 g/mol. The van der Waals surface area contributed by atoms with E-state index in [2.05, 4.69) is 5.32 Å². The third kappa shape index (κ3) is 4.50. The molecule has 1 N–H and O–H groups in total. The van der Waals surface area contributed by atoms with Gasteiger partial charge in [-0.3, -0.25) is 4.57 Å². The molecule has 1 aromatic carbocycles. The fourth-order valence-electron chi connectivity index (χ4n) is 3.84. The van der Waals surface area contributed by atoms with E-state index in [1.54, 1.807) is 55.5 Å². The number of amides is 2. The second kappa shape index (κ2) is 8.31. The summed E-state index contributed by atoms with van der Waals surface area (Å²) in [7, 11) is -1.66. The summed E-state index contributed by atoms with van der Waals surface area (Å²) in [4.78, 5) is 26.4. The molecule has 172 valence electrons. The van der Waals surface area contributed by atoms with E-state index in [9.17, 15) is 18.0 Å². The van der Waals surface area contributed by atoms with Crippen molar-refractivity contribution in [1.82, 2.24) is 13.8 Å². The standard InChI is InChI=1S/C21H32N4O5S/c1-14(2)25-17-8-7-15(13-18(17)30-20(25)27)22-19(26)23(6)16-9-11-24(12-10-16)31(28,29)21(3,4)5/h7-8,13-14,16H,9-12H2,1-6H3,(H,22,26). The summed E-state index contributed by atoms with van der Waals surface area (Å²) in [5, 5.41) is 2.84. The van der Waals surface area contributed by atoms with Gasteiger partial charge in [0.1, 0.15) is 0 Å². The lowest BCUT2D eigenvalue weighted by molar-refractivity contribution is 0.173. The molecule has 1 aromatic heterocycles. The first-order valence-corrected chi connectivity index (χ1v) is 12.0. The van der Waals surface area contributed by atoms with Gasteiger partial charge in [-0.1, -0.05) is 0 Å². The fourth-order valence-corrected chi connectivity index (χ4v) is 5.30. The molecule has 2 amide bonds. The summed E-state index contributed by atoms with van der Waals surface area (Å²) < 4.78 is 32.8. The second-order valence-electron chi connectivity index (χ2n) is 9.30. The molecule has 0 atom stereocenters. The number of hydrogen-bond acceptors (Lipinski definition) is 5. The number of sulfonamides is 1. The molecule has 0 aliphatic carbocycles. The van der Waals surface area contributed by atoms with Gasteiger partial charge in [0.25, 0.3) is 0 Å². The molecule has 10 heteroatoms. The Hall–Kier alpha value is -2.33. The molecule has 0 radical (unpaired) electrons. The highest BCUT2D eigenvalue weighted by molar-refractivity contribution is 7.90. The Morgan fingerprint density at radius 1 is 1.23 bits per heavy atom. The van der Waals surface area contributed by atoms with Crippen molar-refractivity contribution in [3.63, 3.8) is 0 Å². The van der Waals surface area contributed by atoms with Crippen LogP contribution in [-0.2, 0) is 10.0 Å². The maximum absolute atomic E-state index is 12.8. The molecule has 1 aliphatic heterocycles. The third-order valence-corrected chi connectivity index (χ3v) is 8.38. The number of aromatic nitrogens is 1. The highest BCUT2D eigenvalue weighted by Crippen LogP contribution is 2.26.